The molecular formula is C12H14BrN5. The molecule has 0 fully saturated rings. The van der Waals surface area contributed by atoms with Gasteiger partial charge in [-0.15, -0.1) is 0 Å². The number of nitrogens with zero attached hydrogens (tertiary/aromatic N) is 4. The molecule has 0 saturated heterocycles. The summed E-state index contributed by atoms with van der Waals surface area (Å²) in [5.41, 5.74) is 7.76. The van der Waals surface area contributed by atoms with Gasteiger partial charge in [0.1, 0.15) is 5.82 Å². The van der Waals surface area contributed by atoms with Gasteiger partial charge >= 0.3 is 0 Å². The Kier molecular flexibility index (Phi) is 3.86. The largest absolute Gasteiger partial charge is 0.383 e. The lowest BCUT2D eigenvalue weighted by atomic mass is 10.2. The van der Waals surface area contributed by atoms with E-state index in [1.54, 1.807) is 12.4 Å². The maximum atomic E-state index is 5.87. The first-order chi connectivity index (χ1) is 8.61. The monoisotopic (exact) mass is 307 g/mol. The van der Waals surface area contributed by atoms with Crippen LogP contribution in [0.5, 0.6) is 0 Å². The molecule has 18 heavy (non-hydrogen) atoms. The minimum Gasteiger partial charge on any atom is -0.383 e. The zero-order valence-corrected chi connectivity index (χ0v) is 11.9. The second kappa shape index (κ2) is 5.39. The van der Waals surface area contributed by atoms with E-state index in [-0.39, 0.29) is 0 Å². The fourth-order valence-electron chi connectivity index (χ4n) is 1.52. The van der Waals surface area contributed by atoms with Gasteiger partial charge in [0.05, 0.1) is 10.2 Å². The van der Waals surface area contributed by atoms with Gasteiger partial charge in [-0.3, -0.25) is 0 Å². The highest BCUT2D eigenvalue weighted by Crippen LogP contribution is 2.24. The molecule has 2 rings (SSSR count). The van der Waals surface area contributed by atoms with Crippen LogP contribution in [0.1, 0.15) is 24.6 Å². The Morgan fingerprint density at radius 2 is 1.83 bits per heavy atom. The predicted octanol–water partition coefficient (Wildman–Crippen LogP) is 2.54. The van der Waals surface area contributed by atoms with Gasteiger partial charge < -0.3 is 5.73 Å². The number of halogens is 1. The maximum absolute atomic E-state index is 5.87. The number of hydrogen-bond donors (Lipinski definition) is 1. The zero-order chi connectivity index (χ0) is 13.1. The van der Waals surface area contributed by atoms with Crippen LogP contribution < -0.4 is 5.73 Å². The maximum Gasteiger partial charge on any atom is 0.200 e. The lowest BCUT2D eigenvalue weighted by Crippen LogP contribution is -2.04. The van der Waals surface area contributed by atoms with Gasteiger partial charge in [0, 0.05) is 12.4 Å². The smallest absolute Gasteiger partial charge is 0.200 e. The summed E-state index contributed by atoms with van der Waals surface area (Å²) in [6.07, 6.45) is 5.31. The molecule has 0 atom stereocenters. The molecule has 0 radical (unpaired) electrons. The van der Waals surface area contributed by atoms with Crippen LogP contribution in [-0.4, -0.2) is 19.9 Å². The SMILES string of the molecule is CCCc1nc(-c2ncc(C)cn2)nc(N)c1Br. The highest BCUT2D eigenvalue weighted by Gasteiger charge is 2.12. The highest BCUT2D eigenvalue weighted by atomic mass is 79.9. The summed E-state index contributed by atoms with van der Waals surface area (Å²) in [6, 6.07) is 0. The van der Waals surface area contributed by atoms with Crippen LogP contribution in [0.4, 0.5) is 5.82 Å². The molecule has 5 nitrogen and oxygen atoms in total. The molecule has 6 heteroatoms. The van der Waals surface area contributed by atoms with Gasteiger partial charge in [0.25, 0.3) is 0 Å². The van der Waals surface area contributed by atoms with Gasteiger partial charge in [-0.2, -0.15) is 0 Å². The predicted molar refractivity (Wildman–Crippen MR) is 73.9 cm³/mol. The van der Waals surface area contributed by atoms with Crippen LogP contribution >= 0.6 is 15.9 Å². The number of aromatic nitrogens is 4. The highest BCUT2D eigenvalue weighted by molar-refractivity contribution is 9.10. The van der Waals surface area contributed by atoms with Gasteiger partial charge in [-0.05, 0) is 34.8 Å². The van der Waals surface area contributed by atoms with E-state index in [1.807, 2.05) is 6.92 Å². The molecule has 2 aromatic rings. The summed E-state index contributed by atoms with van der Waals surface area (Å²) in [7, 11) is 0. The average Bonchev–Trinajstić information content (AvgIpc) is 2.36. The first-order valence-corrected chi connectivity index (χ1v) is 6.52. The van der Waals surface area contributed by atoms with Gasteiger partial charge in [0.15, 0.2) is 11.6 Å². The van der Waals surface area contributed by atoms with Crippen molar-refractivity contribution in [3.8, 4) is 11.6 Å². The Morgan fingerprint density at radius 1 is 1.17 bits per heavy atom. The molecule has 0 aliphatic carbocycles. The molecule has 2 aromatic heterocycles. The van der Waals surface area contributed by atoms with E-state index < -0.39 is 0 Å². The molecule has 0 aliphatic heterocycles. The molecule has 0 bridgehead atoms. The Hall–Kier alpha value is -1.56. The number of nitrogen functional groups attached to an aromatic ring is 1. The van der Waals surface area contributed by atoms with E-state index in [0.717, 1.165) is 28.6 Å². The number of rotatable bonds is 3. The molecule has 0 aromatic carbocycles. The first kappa shape index (κ1) is 12.9. The first-order valence-electron chi connectivity index (χ1n) is 5.72. The minimum atomic E-state index is 0.424. The number of nitrogens with two attached hydrogens (primary N) is 1. The van der Waals surface area contributed by atoms with Crippen molar-refractivity contribution < 1.29 is 0 Å². The van der Waals surface area contributed by atoms with E-state index in [2.05, 4.69) is 42.8 Å². The standard InChI is InChI=1S/C12H14BrN5/c1-3-4-8-9(13)10(14)18-12(17-8)11-15-5-7(2)6-16-11/h5-6H,3-4H2,1-2H3,(H2,14,17,18). The van der Waals surface area contributed by atoms with Crippen LogP contribution in [-0.2, 0) is 6.42 Å². The van der Waals surface area contributed by atoms with E-state index >= 15 is 0 Å². The van der Waals surface area contributed by atoms with Crippen molar-refractivity contribution >= 4 is 21.7 Å². The van der Waals surface area contributed by atoms with Crippen molar-refractivity contribution in [2.75, 3.05) is 5.73 Å². The van der Waals surface area contributed by atoms with E-state index in [1.165, 1.54) is 0 Å². The van der Waals surface area contributed by atoms with E-state index in [4.69, 9.17) is 5.73 Å². The molecule has 0 aliphatic rings. The van der Waals surface area contributed by atoms with Crippen LogP contribution in [0.3, 0.4) is 0 Å². The van der Waals surface area contributed by atoms with Crippen molar-refractivity contribution in [3.05, 3.63) is 28.1 Å². The summed E-state index contributed by atoms with van der Waals surface area (Å²) >= 11 is 3.41. The Morgan fingerprint density at radius 3 is 2.44 bits per heavy atom. The van der Waals surface area contributed by atoms with Gasteiger partial charge in [-0.25, -0.2) is 19.9 Å². The number of hydrogen-bond acceptors (Lipinski definition) is 5. The Bertz CT molecular complexity index is 553. The summed E-state index contributed by atoms with van der Waals surface area (Å²) in [6.45, 7) is 4.02. The van der Waals surface area contributed by atoms with Crippen molar-refractivity contribution in [1.82, 2.24) is 19.9 Å². The van der Waals surface area contributed by atoms with Crippen molar-refractivity contribution in [2.24, 2.45) is 0 Å². The second-order valence-electron chi connectivity index (χ2n) is 4.03. The fourth-order valence-corrected chi connectivity index (χ4v) is 1.90. The topological polar surface area (TPSA) is 77.6 Å². The van der Waals surface area contributed by atoms with E-state index in [9.17, 15) is 0 Å². The van der Waals surface area contributed by atoms with Crippen molar-refractivity contribution in [3.63, 3.8) is 0 Å². The summed E-state index contributed by atoms with van der Waals surface area (Å²) in [5.74, 6) is 1.39. The third-order valence-corrected chi connectivity index (χ3v) is 3.28. The van der Waals surface area contributed by atoms with Gasteiger partial charge in [0.2, 0.25) is 0 Å². The minimum absolute atomic E-state index is 0.424. The number of aryl methyl sites for hydroxylation is 2. The molecule has 0 spiro atoms. The normalized spacial score (nSPS) is 10.6. The third-order valence-electron chi connectivity index (χ3n) is 2.41. The number of anilines is 1. The Balaban J connectivity index is 2.48. The molecule has 0 saturated carbocycles. The van der Waals surface area contributed by atoms with Crippen molar-refractivity contribution in [1.29, 1.82) is 0 Å². The lowest BCUT2D eigenvalue weighted by molar-refractivity contribution is 0.866. The van der Waals surface area contributed by atoms with Gasteiger partial charge in [-0.1, -0.05) is 13.3 Å². The zero-order valence-electron chi connectivity index (χ0n) is 10.3. The quantitative estimate of drug-likeness (QED) is 0.943. The summed E-state index contributed by atoms with van der Waals surface area (Å²) in [5, 5.41) is 0. The second-order valence-corrected chi connectivity index (χ2v) is 4.82. The van der Waals surface area contributed by atoms with Crippen LogP contribution in [0.25, 0.3) is 11.6 Å². The van der Waals surface area contributed by atoms with Crippen LogP contribution in [0.15, 0.2) is 16.9 Å². The van der Waals surface area contributed by atoms with Crippen molar-refractivity contribution in [2.45, 2.75) is 26.7 Å². The van der Waals surface area contributed by atoms with E-state index in [0.29, 0.717) is 17.5 Å². The lowest BCUT2D eigenvalue weighted by Gasteiger charge is -2.07. The molecule has 2 N–H and O–H groups in total. The fraction of sp³-hybridized carbons (Fsp3) is 0.333. The third kappa shape index (κ3) is 2.64. The summed E-state index contributed by atoms with van der Waals surface area (Å²) in [4.78, 5) is 17.1. The average molecular weight is 308 g/mol. The molecule has 0 amide bonds. The Labute approximate surface area is 114 Å². The molecular weight excluding hydrogens is 294 g/mol. The van der Waals surface area contributed by atoms with Crippen LogP contribution in [0, 0.1) is 6.92 Å². The molecule has 94 valence electrons. The summed E-state index contributed by atoms with van der Waals surface area (Å²) < 4.78 is 0.764. The van der Waals surface area contributed by atoms with Crippen LogP contribution in [0.2, 0.25) is 0 Å². The molecule has 0 unspecified atom stereocenters. The molecule has 2 heterocycles.